The van der Waals surface area contributed by atoms with E-state index in [1.165, 1.54) is 0 Å². The Bertz CT molecular complexity index is 4.53. The van der Waals surface area contributed by atoms with Gasteiger partial charge >= 0.3 is 0 Å². The third-order valence-corrected chi connectivity index (χ3v) is 0. The van der Waals surface area contributed by atoms with Crippen LogP contribution < -0.4 is 0 Å². The third kappa shape index (κ3) is 404. The molecule has 0 fully saturated rings. The summed E-state index contributed by atoms with van der Waals surface area (Å²) in [5, 5.41) is 0. The van der Waals surface area contributed by atoms with Crippen LogP contribution in [-0.2, 0) is 0 Å². The molecule has 0 unspecified atom stereocenters. The van der Waals surface area contributed by atoms with Crippen LogP contribution in [0.2, 0.25) is 0 Å². The van der Waals surface area contributed by atoms with Crippen molar-refractivity contribution in [2.24, 2.45) is 0 Å². The Morgan fingerprint density at radius 1 is 0.222 bits per heavy atom. The summed E-state index contributed by atoms with van der Waals surface area (Å²) < 4.78 is 0. The van der Waals surface area contributed by atoms with E-state index in [-0.39, 0.29) is 85.6 Å². The quantitative estimate of drug-likeness (QED) is 0.401. The fraction of sp³-hybridized carbons (Fsp3) is 0. The minimum atomic E-state index is 0. The Balaban J connectivity index is 0. The SMILES string of the molecule is O.O.O.O.O.O.O.O.[Ce]. The van der Waals surface area contributed by atoms with Gasteiger partial charge in [-0.25, -0.2) is 0 Å². The van der Waals surface area contributed by atoms with E-state index in [1.54, 1.807) is 0 Å². The molecule has 0 spiro atoms. The van der Waals surface area contributed by atoms with E-state index in [2.05, 4.69) is 0 Å². The topological polar surface area (TPSA) is 252 Å². The summed E-state index contributed by atoms with van der Waals surface area (Å²) in [7, 11) is 0. The van der Waals surface area contributed by atoms with Crippen LogP contribution >= 0.6 is 0 Å². The van der Waals surface area contributed by atoms with E-state index in [1.807, 2.05) is 0 Å². The fourth-order valence-corrected chi connectivity index (χ4v) is 0. The molecule has 0 bridgehead atoms. The minimum Gasteiger partial charge on any atom is -0.412 e. The van der Waals surface area contributed by atoms with E-state index in [0.29, 0.717) is 0 Å². The summed E-state index contributed by atoms with van der Waals surface area (Å²) >= 11 is 0. The predicted octanol–water partition coefficient (Wildman–Crippen LogP) is -6.60. The van der Waals surface area contributed by atoms with Gasteiger partial charge in [-0.1, -0.05) is 0 Å². The fourth-order valence-electron chi connectivity index (χ4n) is 0. The van der Waals surface area contributed by atoms with Crippen molar-refractivity contribution >= 4 is 0 Å². The molecule has 9 heavy (non-hydrogen) atoms. The van der Waals surface area contributed by atoms with Crippen molar-refractivity contribution in [3.8, 4) is 0 Å². The molecule has 9 heteroatoms. The summed E-state index contributed by atoms with van der Waals surface area (Å²) in [4.78, 5) is 0. The Morgan fingerprint density at radius 3 is 0.222 bits per heavy atom. The second-order valence-electron chi connectivity index (χ2n) is 0. The van der Waals surface area contributed by atoms with E-state index in [9.17, 15) is 0 Å². The Hall–Kier alpha value is 1.06. The van der Waals surface area contributed by atoms with Crippen molar-refractivity contribution in [1.29, 1.82) is 0 Å². The number of rotatable bonds is 0. The molecule has 0 saturated heterocycles. The first kappa shape index (κ1) is 739. The minimum absolute atomic E-state index is 0. The maximum Gasteiger partial charge on any atom is 0 e. The Kier molecular flexibility index (Phi) is 43200. The molecule has 0 aromatic heterocycles. The second kappa shape index (κ2) is 527. The van der Waals surface area contributed by atoms with Gasteiger partial charge in [-0.15, -0.1) is 0 Å². The van der Waals surface area contributed by atoms with Gasteiger partial charge in [0.25, 0.3) is 0 Å². The summed E-state index contributed by atoms with van der Waals surface area (Å²) in [5.41, 5.74) is 0. The molecule has 0 aliphatic rings. The zero-order valence-corrected chi connectivity index (χ0v) is 7.64. The maximum atomic E-state index is 0. The van der Waals surface area contributed by atoms with Crippen LogP contribution in [-0.4, -0.2) is 43.8 Å². The monoisotopic (exact) mass is 284 g/mol. The van der Waals surface area contributed by atoms with Gasteiger partial charge in [-0.3, -0.25) is 0 Å². The predicted molar refractivity (Wildman–Crippen MR) is 28.9 cm³/mol. The smallest absolute Gasteiger partial charge is 0 e. The molecule has 8 nitrogen and oxygen atoms in total. The molecule has 0 atom stereocenters. The first-order valence-corrected chi connectivity index (χ1v) is 0. The van der Waals surface area contributed by atoms with Crippen molar-refractivity contribution in [2.75, 3.05) is 0 Å². The average molecular weight is 284 g/mol. The van der Waals surface area contributed by atoms with Crippen molar-refractivity contribution < 1.29 is 85.6 Å². The first-order chi connectivity index (χ1) is 0. The van der Waals surface area contributed by atoms with Gasteiger partial charge in [0.2, 0.25) is 0 Å². The molecule has 0 amide bonds. The summed E-state index contributed by atoms with van der Waals surface area (Å²) in [6.45, 7) is 0. The van der Waals surface area contributed by atoms with Crippen molar-refractivity contribution in [2.45, 2.75) is 0 Å². The molecule has 0 rings (SSSR count). The molecule has 16 N–H and O–H groups in total. The van der Waals surface area contributed by atoms with Gasteiger partial charge in [0, 0.05) is 41.7 Å². The van der Waals surface area contributed by atoms with Crippen LogP contribution in [0, 0.1) is 41.7 Å². The Morgan fingerprint density at radius 2 is 0.222 bits per heavy atom. The molecule has 0 saturated carbocycles. The second-order valence-corrected chi connectivity index (χ2v) is 0. The van der Waals surface area contributed by atoms with Gasteiger partial charge in [-0.05, 0) is 0 Å². The number of hydrogen-bond acceptors (Lipinski definition) is 0. The van der Waals surface area contributed by atoms with Gasteiger partial charge < -0.3 is 43.8 Å². The molecule has 68 valence electrons. The van der Waals surface area contributed by atoms with Crippen LogP contribution in [0.25, 0.3) is 0 Å². The van der Waals surface area contributed by atoms with E-state index >= 15 is 0 Å². The first-order valence-electron chi connectivity index (χ1n) is 0. The van der Waals surface area contributed by atoms with E-state index < -0.39 is 0 Å². The third-order valence-electron chi connectivity index (χ3n) is 0. The van der Waals surface area contributed by atoms with Crippen molar-refractivity contribution in [1.82, 2.24) is 0 Å². The van der Waals surface area contributed by atoms with Gasteiger partial charge in [-0.2, -0.15) is 0 Å². The molecule has 0 aliphatic carbocycles. The van der Waals surface area contributed by atoms with Crippen molar-refractivity contribution in [3.63, 3.8) is 0 Å². The van der Waals surface area contributed by atoms with Crippen LogP contribution in [0.5, 0.6) is 0 Å². The summed E-state index contributed by atoms with van der Waals surface area (Å²) in [5.74, 6) is 0. The van der Waals surface area contributed by atoms with E-state index in [4.69, 9.17) is 0 Å². The molecule has 0 aliphatic heterocycles. The zero-order chi connectivity index (χ0) is 0. The van der Waals surface area contributed by atoms with Crippen LogP contribution in [0.3, 0.4) is 0 Å². The van der Waals surface area contributed by atoms with Gasteiger partial charge in [0.1, 0.15) is 0 Å². The van der Waals surface area contributed by atoms with Gasteiger partial charge in [0.15, 0.2) is 0 Å². The zero-order valence-electron chi connectivity index (χ0n) is 4.50. The normalized spacial score (nSPS) is 0. The van der Waals surface area contributed by atoms with Crippen LogP contribution in [0.1, 0.15) is 0 Å². The molecular weight excluding hydrogens is 268 g/mol. The average Bonchev–Trinajstić information content (AvgIpc) is 0. The molecular formula is H16CeO8. The number of hydrogen-bond donors (Lipinski definition) is 0. The molecule has 0 aromatic carbocycles. The largest absolute Gasteiger partial charge is 0.412 e. The standard InChI is InChI=1S/Ce.8H2O/h;8*1H2. The molecule has 0 heterocycles. The maximum absolute atomic E-state index is 0. The van der Waals surface area contributed by atoms with E-state index in [0.717, 1.165) is 0 Å². The van der Waals surface area contributed by atoms with Gasteiger partial charge in [0.05, 0.1) is 0 Å². The molecule has 0 radical (unpaired) electrons. The summed E-state index contributed by atoms with van der Waals surface area (Å²) in [6.07, 6.45) is 0. The Labute approximate surface area is 85.1 Å². The summed E-state index contributed by atoms with van der Waals surface area (Å²) in [6, 6.07) is 0. The van der Waals surface area contributed by atoms with Crippen LogP contribution in [0.15, 0.2) is 0 Å². The van der Waals surface area contributed by atoms with Crippen molar-refractivity contribution in [3.05, 3.63) is 0 Å². The molecule has 0 aromatic rings. The van der Waals surface area contributed by atoms with Crippen LogP contribution in [0.4, 0.5) is 0 Å².